The lowest BCUT2D eigenvalue weighted by molar-refractivity contribution is -0.146. The molecule has 28 heavy (non-hydrogen) atoms. The van der Waals surface area contributed by atoms with Crippen LogP contribution in [0.1, 0.15) is 62.8 Å². The van der Waals surface area contributed by atoms with Gasteiger partial charge in [0, 0.05) is 25.0 Å². The van der Waals surface area contributed by atoms with Crippen molar-refractivity contribution in [3.8, 4) is 0 Å². The van der Waals surface area contributed by atoms with Crippen LogP contribution in [0.15, 0.2) is 24.3 Å². The first-order chi connectivity index (χ1) is 13.6. The van der Waals surface area contributed by atoms with Crippen LogP contribution in [0.4, 0.5) is 4.39 Å². The van der Waals surface area contributed by atoms with E-state index in [4.69, 9.17) is 0 Å². The van der Waals surface area contributed by atoms with Gasteiger partial charge in [-0.2, -0.15) is 0 Å². The Hall–Kier alpha value is -1.91. The van der Waals surface area contributed by atoms with Gasteiger partial charge in [0.15, 0.2) is 0 Å². The summed E-state index contributed by atoms with van der Waals surface area (Å²) in [5, 5.41) is 0. The maximum absolute atomic E-state index is 13.5. The third-order valence-corrected chi connectivity index (χ3v) is 7.45. The van der Waals surface area contributed by atoms with Crippen molar-refractivity contribution < 1.29 is 14.0 Å². The number of fused-ring (bicyclic) bond motifs is 1. The van der Waals surface area contributed by atoms with Crippen LogP contribution in [0.25, 0.3) is 0 Å². The SMILES string of the molecule is O=C([C@@H]1C[C@@H]2CCCC[C@@H]2N1C(=O)[C@@H]1C[C@@H]1c1ccc(F)cc1)N1CCCC1. The lowest BCUT2D eigenvalue weighted by Gasteiger charge is -2.35. The zero-order valence-electron chi connectivity index (χ0n) is 16.4. The molecule has 5 rings (SSSR count). The highest BCUT2D eigenvalue weighted by atomic mass is 19.1. The van der Waals surface area contributed by atoms with Gasteiger partial charge >= 0.3 is 0 Å². The summed E-state index contributed by atoms with van der Waals surface area (Å²) in [6.07, 6.45) is 8.38. The van der Waals surface area contributed by atoms with Gasteiger partial charge in [-0.3, -0.25) is 9.59 Å². The van der Waals surface area contributed by atoms with Gasteiger partial charge in [-0.05, 0) is 68.1 Å². The maximum Gasteiger partial charge on any atom is 0.245 e. The molecule has 0 N–H and O–H groups in total. The molecular weight excluding hydrogens is 355 g/mol. The van der Waals surface area contributed by atoms with Crippen molar-refractivity contribution >= 4 is 11.8 Å². The predicted molar refractivity (Wildman–Crippen MR) is 104 cm³/mol. The monoisotopic (exact) mass is 384 g/mol. The Morgan fingerprint density at radius 3 is 2.36 bits per heavy atom. The number of hydrogen-bond acceptors (Lipinski definition) is 2. The van der Waals surface area contributed by atoms with Crippen molar-refractivity contribution in [1.29, 1.82) is 0 Å². The normalized spacial score (nSPS) is 34.4. The Kier molecular flexibility index (Phi) is 4.64. The van der Waals surface area contributed by atoms with Crippen molar-refractivity contribution in [1.82, 2.24) is 9.80 Å². The number of halogens is 1. The van der Waals surface area contributed by atoms with Gasteiger partial charge < -0.3 is 9.80 Å². The molecule has 1 aromatic rings. The zero-order valence-corrected chi connectivity index (χ0v) is 16.4. The fourth-order valence-corrected chi connectivity index (χ4v) is 5.88. The largest absolute Gasteiger partial charge is 0.341 e. The van der Waals surface area contributed by atoms with Crippen molar-refractivity contribution in [2.45, 2.75) is 69.4 Å². The molecule has 0 radical (unpaired) electrons. The van der Waals surface area contributed by atoms with E-state index in [0.717, 1.165) is 63.6 Å². The van der Waals surface area contributed by atoms with E-state index in [0.29, 0.717) is 5.92 Å². The van der Waals surface area contributed by atoms with Gasteiger partial charge in [-0.25, -0.2) is 4.39 Å². The van der Waals surface area contributed by atoms with Crippen LogP contribution in [0.3, 0.4) is 0 Å². The molecule has 4 fully saturated rings. The molecule has 2 amide bonds. The second kappa shape index (κ2) is 7.16. The van der Waals surface area contributed by atoms with Gasteiger partial charge in [0.05, 0.1) is 0 Å². The van der Waals surface area contributed by atoms with E-state index in [1.807, 2.05) is 9.80 Å². The minimum atomic E-state index is -0.256. The molecule has 0 aromatic heterocycles. The molecule has 0 spiro atoms. The van der Waals surface area contributed by atoms with E-state index < -0.39 is 0 Å². The van der Waals surface area contributed by atoms with E-state index >= 15 is 0 Å². The molecule has 0 unspecified atom stereocenters. The summed E-state index contributed by atoms with van der Waals surface area (Å²) in [6, 6.07) is 6.53. The van der Waals surface area contributed by atoms with Gasteiger partial charge in [-0.1, -0.05) is 25.0 Å². The van der Waals surface area contributed by atoms with Gasteiger partial charge in [0.1, 0.15) is 11.9 Å². The van der Waals surface area contributed by atoms with Crippen LogP contribution in [-0.2, 0) is 9.59 Å². The smallest absolute Gasteiger partial charge is 0.245 e. The molecule has 2 saturated carbocycles. The fraction of sp³-hybridized carbons (Fsp3) is 0.652. The highest BCUT2D eigenvalue weighted by Crippen LogP contribution is 2.51. The molecular formula is C23H29FN2O2. The van der Waals surface area contributed by atoms with Gasteiger partial charge in [0.2, 0.25) is 11.8 Å². The lowest BCUT2D eigenvalue weighted by atomic mass is 9.84. The summed E-state index contributed by atoms with van der Waals surface area (Å²) in [7, 11) is 0. The number of hydrogen-bond donors (Lipinski definition) is 0. The van der Waals surface area contributed by atoms with Crippen molar-refractivity contribution in [3.63, 3.8) is 0 Å². The predicted octanol–water partition coefficient (Wildman–Crippen LogP) is 3.71. The summed E-state index contributed by atoms with van der Waals surface area (Å²) >= 11 is 0. The minimum absolute atomic E-state index is 0.0417. The highest BCUT2D eigenvalue weighted by Gasteiger charge is 2.54. The van der Waals surface area contributed by atoms with Crippen LogP contribution in [0.5, 0.6) is 0 Å². The number of amides is 2. The van der Waals surface area contributed by atoms with Gasteiger partial charge in [-0.15, -0.1) is 0 Å². The molecule has 4 aliphatic rings. The molecule has 5 heteroatoms. The second-order valence-electron chi connectivity index (χ2n) is 9.14. The number of nitrogens with zero attached hydrogens (tertiary/aromatic N) is 2. The minimum Gasteiger partial charge on any atom is -0.341 e. The van der Waals surface area contributed by atoms with E-state index in [1.165, 1.54) is 18.6 Å². The number of likely N-dealkylation sites (tertiary alicyclic amines) is 2. The first kappa shape index (κ1) is 18.1. The van der Waals surface area contributed by atoms with Crippen LogP contribution in [-0.4, -0.2) is 46.8 Å². The lowest BCUT2D eigenvalue weighted by Crippen LogP contribution is -2.50. The molecule has 5 atom stereocenters. The molecule has 2 aliphatic heterocycles. The third-order valence-electron chi connectivity index (χ3n) is 7.45. The molecule has 0 bridgehead atoms. The molecule has 150 valence electrons. The number of carbonyl (C=O) groups excluding carboxylic acids is 2. The quantitative estimate of drug-likeness (QED) is 0.797. The summed E-state index contributed by atoms with van der Waals surface area (Å²) in [5.41, 5.74) is 1.04. The Bertz CT molecular complexity index is 758. The van der Waals surface area contributed by atoms with Crippen LogP contribution < -0.4 is 0 Å². The van der Waals surface area contributed by atoms with Gasteiger partial charge in [0.25, 0.3) is 0 Å². The molecule has 2 heterocycles. The number of rotatable bonds is 3. The summed E-state index contributed by atoms with van der Waals surface area (Å²) in [5.74, 6) is 0.726. The van der Waals surface area contributed by atoms with E-state index in [1.54, 1.807) is 12.1 Å². The standard InChI is InChI=1S/C23H29FN2O2/c24-17-9-7-15(8-10-17)18-14-19(18)22(27)26-20-6-2-1-5-16(20)13-21(26)23(28)25-11-3-4-12-25/h7-10,16,18-21H,1-6,11-14H2/t16-,18+,19+,20-,21-/m0/s1. The van der Waals surface area contributed by atoms with Crippen LogP contribution in [0.2, 0.25) is 0 Å². The second-order valence-corrected chi connectivity index (χ2v) is 9.14. The molecule has 1 aromatic carbocycles. The fourth-order valence-electron chi connectivity index (χ4n) is 5.88. The van der Waals surface area contributed by atoms with Crippen molar-refractivity contribution in [2.24, 2.45) is 11.8 Å². The Morgan fingerprint density at radius 1 is 0.893 bits per heavy atom. The first-order valence-electron chi connectivity index (χ1n) is 11.0. The van der Waals surface area contributed by atoms with Crippen molar-refractivity contribution in [3.05, 3.63) is 35.6 Å². The van der Waals surface area contributed by atoms with E-state index in [2.05, 4.69) is 0 Å². The summed E-state index contributed by atoms with van der Waals surface area (Å²) in [4.78, 5) is 30.7. The highest BCUT2D eigenvalue weighted by molar-refractivity contribution is 5.91. The Morgan fingerprint density at radius 2 is 1.61 bits per heavy atom. The molecule has 4 nitrogen and oxygen atoms in total. The topological polar surface area (TPSA) is 40.6 Å². The first-order valence-corrected chi connectivity index (χ1v) is 11.0. The van der Waals surface area contributed by atoms with Crippen molar-refractivity contribution in [2.75, 3.05) is 13.1 Å². The summed E-state index contributed by atoms with van der Waals surface area (Å²) in [6.45, 7) is 1.68. The maximum atomic E-state index is 13.5. The zero-order chi connectivity index (χ0) is 19.3. The number of benzene rings is 1. The third kappa shape index (κ3) is 3.13. The van der Waals surface area contributed by atoms with Crippen LogP contribution >= 0.6 is 0 Å². The summed E-state index contributed by atoms with van der Waals surface area (Å²) < 4.78 is 13.2. The van der Waals surface area contributed by atoms with E-state index in [-0.39, 0.29) is 41.6 Å². The molecule has 2 saturated heterocycles. The average Bonchev–Trinajstić information content (AvgIpc) is 3.14. The Labute approximate surface area is 166 Å². The van der Waals surface area contributed by atoms with E-state index in [9.17, 15) is 14.0 Å². The average molecular weight is 384 g/mol. The van der Waals surface area contributed by atoms with Crippen LogP contribution in [0, 0.1) is 17.7 Å². The number of carbonyl (C=O) groups is 2. The molecule has 2 aliphatic carbocycles. The Balaban J connectivity index is 1.36.